The average molecular weight is 619 g/mol. The molecule has 0 bridgehead atoms. The first-order valence-corrected chi connectivity index (χ1v) is 15.3. The van der Waals surface area contributed by atoms with E-state index in [-0.39, 0.29) is 30.4 Å². The SMILES string of the molecule is Cc1ccc(NC(=O)c2cc(CN3CCC(O)C3)cc(S(F)(F)(F)(F)F)c2)cc1-n1ccn2nc(-c3cccnc3)cc12. The molecular formula is C29H27F5N6O2S. The van der Waals surface area contributed by atoms with Gasteiger partial charge in [-0.1, -0.05) is 25.5 Å². The summed E-state index contributed by atoms with van der Waals surface area (Å²) < 4.78 is 72.9. The number of carbonyl (C=O) groups excluding carboxylic acids is 1. The van der Waals surface area contributed by atoms with Crippen LogP contribution in [0.15, 0.2) is 84.3 Å². The lowest BCUT2D eigenvalue weighted by Gasteiger charge is -2.41. The molecule has 43 heavy (non-hydrogen) atoms. The molecule has 2 N–H and O–H groups in total. The topological polar surface area (TPSA) is 87.7 Å². The number of carbonyl (C=O) groups is 1. The van der Waals surface area contributed by atoms with Crippen molar-refractivity contribution in [2.45, 2.75) is 30.9 Å². The lowest BCUT2D eigenvalue weighted by molar-refractivity contribution is 0.102. The summed E-state index contributed by atoms with van der Waals surface area (Å²) in [6.07, 6.45) is 6.66. The van der Waals surface area contributed by atoms with Crippen LogP contribution in [0.2, 0.25) is 0 Å². The van der Waals surface area contributed by atoms with Gasteiger partial charge in [0.2, 0.25) is 0 Å². The van der Waals surface area contributed by atoms with Gasteiger partial charge in [0.05, 0.1) is 17.5 Å². The number of rotatable bonds is 7. The Kier molecular flexibility index (Phi) is 6.45. The first-order chi connectivity index (χ1) is 20.1. The number of aryl methyl sites for hydroxylation is 1. The fraction of sp³-hybridized carbons (Fsp3) is 0.207. The molecule has 4 heterocycles. The summed E-state index contributed by atoms with van der Waals surface area (Å²) in [5.74, 6) is -0.970. The summed E-state index contributed by atoms with van der Waals surface area (Å²) >= 11 is 0. The molecule has 6 rings (SSSR count). The smallest absolute Gasteiger partial charge is 0.310 e. The minimum absolute atomic E-state index is 0.102. The molecule has 0 radical (unpaired) electrons. The van der Waals surface area contributed by atoms with Crippen molar-refractivity contribution in [3.8, 4) is 16.9 Å². The number of aliphatic hydroxyl groups excluding tert-OH is 1. The second-order valence-corrected chi connectivity index (χ2v) is 13.1. The van der Waals surface area contributed by atoms with Crippen molar-refractivity contribution in [3.05, 3.63) is 96.1 Å². The van der Waals surface area contributed by atoms with Crippen LogP contribution in [0.1, 0.15) is 27.9 Å². The number of halogens is 5. The van der Waals surface area contributed by atoms with Gasteiger partial charge in [-0.25, -0.2) is 4.52 Å². The highest BCUT2D eigenvalue weighted by atomic mass is 32.5. The lowest BCUT2D eigenvalue weighted by atomic mass is 10.1. The molecule has 0 spiro atoms. The van der Waals surface area contributed by atoms with Crippen LogP contribution in [0.3, 0.4) is 0 Å². The molecule has 1 aliphatic rings. The zero-order valence-electron chi connectivity index (χ0n) is 22.8. The van der Waals surface area contributed by atoms with Crippen molar-refractivity contribution in [3.63, 3.8) is 0 Å². The number of aliphatic hydroxyl groups is 1. The molecule has 1 unspecified atom stereocenters. The second-order valence-electron chi connectivity index (χ2n) is 10.7. The van der Waals surface area contributed by atoms with Gasteiger partial charge in [-0.2, -0.15) is 5.10 Å². The van der Waals surface area contributed by atoms with Gasteiger partial charge < -0.3 is 10.4 Å². The number of pyridine rings is 1. The van der Waals surface area contributed by atoms with E-state index in [2.05, 4.69) is 15.4 Å². The molecule has 1 aliphatic heterocycles. The van der Waals surface area contributed by atoms with Crippen LogP contribution in [-0.4, -0.2) is 54.3 Å². The van der Waals surface area contributed by atoms with Gasteiger partial charge >= 0.3 is 10.2 Å². The number of amides is 1. The van der Waals surface area contributed by atoms with E-state index in [0.29, 0.717) is 36.1 Å². The predicted octanol–water partition coefficient (Wildman–Crippen LogP) is 6.97. The van der Waals surface area contributed by atoms with E-state index in [4.69, 9.17) is 0 Å². The van der Waals surface area contributed by atoms with E-state index in [1.165, 1.54) is 6.07 Å². The number of β-amino-alcohol motifs (C(OH)–C–C–N with tert-alkyl or cyclic N) is 1. The summed E-state index contributed by atoms with van der Waals surface area (Å²) in [5.41, 5.74) is 3.33. The van der Waals surface area contributed by atoms with Crippen molar-refractivity contribution in [1.82, 2.24) is 24.1 Å². The molecule has 3 aromatic heterocycles. The number of imidazole rings is 1. The third-order valence-corrected chi connectivity index (χ3v) is 8.46. The standard InChI is InChI=1S/C29H27F5N6O2S/c1-19-4-5-23(14-27(19)39-9-10-40-28(39)15-26(37-40)21-3-2-7-35-16-21)36-29(42)22-11-20(17-38-8-6-24(41)18-38)12-25(13-22)43(30,31,32,33)34/h2-5,7,9-16,24,41H,6,8,17-18H2,1H3,(H,36,42). The molecule has 0 aliphatic carbocycles. The third-order valence-electron chi connectivity index (χ3n) is 7.33. The Bertz CT molecular complexity index is 1860. The molecule has 1 amide bonds. The van der Waals surface area contributed by atoms with Crippen molar-refractivity contribution in [2.75, 3.05) is 18.4 Å². The number of fused-ring (bicyclic) bond motifs is 1. The van der Waals surface area contributed by atoms with Gasteiger partial charge in [0.15, 0.2) is 0 Å². The van der Waals surface area contributed by atoms with Crippen LogP contribution in [-0.2, 0) is 6.54 Å². The maximum Gasteiger partial charge on any atom is 0.310 e. The van der Waals surface area contributed by atoms with Gasteiger partial charge in [-0.05, 0) is 66.9 Å². The minimum Gasteiger partial charge on any atom is -0.392 e. The number of likely N-dealkylation sites (tertiary alicyclic amines) is 1. The Balaban J connectivity index is 1.32. The van der Waals surface area contributed by atoms with Crippen molar-refractivity contribution < 1.29 is 29.3 Å². The van der Waals surface area contributed by atoms with E-state index in [0.717, 1.165) is 11.1 Å². The van der Waals surface area contributed by atoms with Gasteiger partial charge in [0.25, 0.3) is 5.91 Å². The molecular weight excluding hydrogens is 591 g/mol. The monoisotopic (exact) mass is 618 g/mol. The lowest BCUT2D eigenvalue weighted by Crippen LogP contribution is -2.22. The number of nitrogens with one attached hydrogen (secondary N) is 1. The quantitative estimate of drug-likeness (QED) is 0.192. The van der Waals surface area contributed by atoms with Crippen LogP contribution in [0, 0.1) is 6.92 Å². The van der Waals surface area contributed by atoms with E-state index in [1.54, 1.807) is 58.5 Å². The minimum atomic E-state index is -10.1. The van der Waals surface area contributed by atoms with Gasteiger partial charge in [0.1, 0.15) is 10.5 Å². The fourth-order valence-corrected chi connectivity index (χ4v) is 5.93. The maximum absolute atomic E-state index is 13.9. The van der Waals surface area contributed by atoms with E-state index < -0.39 is 32.7 Å². The van der Waals surface area contributed by atoms with Crippen molar-refractivity contribution in [2.24, 2.45) is 0 Å². The largest absolute Gasteiger partial charge is 0.392 e. The molecule has 2 aromatic carbocycles. The second kappa shape index (κ2) is 9.62. The zero-order valence-corrected chi connectivity index (χ0v) is 23.6. The third kappa shape index (κ3) is 6.12. The first kappa shape index (κ1) is 28.8. The summed E-state index contributed by atoms with van der Waals surface area (Å²) in [7, 11) is -10.1. The molecule has 14 heteroatoms. The van der Waals surface area contributed by atoms with Gasteiger partial charge in [0, 0.05) is 67.3 Å². The molecule has 0 saturated carbocycles. The molecule has 1 atom stereocenters. The van der Waals surface area contributed by atoms with Gasteiger partial charge in [-0.3, -0.25) is 19.2 Å². The van der Waals surface area contributed by atoms with E-state index in [1.807, 2.05) is 23.6 Å². The van der Waals surface area contributed by atoms with Crippen molar-refractivity contribution in [1.29, 1.82) is 0 Å². The Morgan fingerprint density at radius 3 is 2.58 bits per heavy atom. The number of nitrogens with zero attached hydrogens (tertiary/aromatic N) is 5. The van der Waals surface area contributed by atoms with Crippen LogP contribution in [0.4, 0.5) is 25.1 Å². The number of hydrogen-bond donors (Lipinski definition) is 2. The molecule has 226 valence electrons. The number of benzene rings is 2. The maximum atomic E-state index is 13.9. The molecule has 8 nitrogen and oxygen atoms in total. The molecule has 5 aromatic rings. The van der Waals surface area contributed by atoms with Crippen molar-refractivity contribution >= 4 is 27.5 Å². The van der Waals surface area contributed by atoms with Crippen LogP contribution in [0.25, 0.3) is 22.6 Å². The molecule has 1 saturated heterocycles. The summed E-state index contributed by atoms with van der Waals surface area (Å²) in [6.45, 7) is 2.32. The fourth-order valence-electron chi connectivity index (χ4n) is 5.21. The van der Waals surface area contributed by atoms with Crippen LogP contribution in [0.5, 0.6) is 0 Å². The average Bonchev–Trinajstić information content (AvgIpc) is 3.65. The summed E-state index contributed by atoms with van der Waals surface area (Å²) in [4.78, 5) is 16.8. The van der Waals surface area contributed by atoms with Gasteiger partial charge in [-0.15, -0.1) is 0 Å². The van der Waals surface area contributed by atoms with E-state index >= 15 is 0 Å². The zero-order chi connectivity index (χ0) is 30.6. The number of aromatic nitrogens is 4. The Morgan fingerprint density at radius 2 is 1.88 bits per heavy atom. The summed E-state index contributed by atoms with van der Waals surface area (Å²) in [6, 6.07) is 12.3. The highest BCUT2D eigenvalue weighted by Crippen LogP contribution is 3.02. The number of anilines is 1. The van der Waals surface area contributed by atoms with Crippen LogP contribution < -0.4 is 5.32 Å². The predicted molar refractivity (Wildman–Crippen MR) is 154 cm³/mol. The highest BCUT2D eigenvalue weighted by Gasteiger charge is 2.65. The van der Waals surface area contributed by atoms with Crippen LogP contribution >= 0.6 is 10.2 Å². The Hall–Kier alpha value is -4.27. The normalized spacial score (nSPS) is 17.6. The molecule has 1 fully saturated rings. The summed E-state index contributed by atoms with van der Waals surface area (Å²) in [5, 5.41) is 16.9. The van der Waals surface area contributed by atoms with E-state index in [9.17, 15) is 29.3 Å². The highest BCUT2D eigenvalue weighted by molar-refractivity contribution is 8.45. The number of hydrogen-bond acceptors (Lipinski definition) is 5. The Morgan fingerprint density at radius 1 is 1.07 bits per heavy atom. The Labute approximate surface area is 243 Å². The first-order valence-electron chi connectivity index (χ1n) is 13.3.